The van der Waals surface area contributed by atoms with Gasteiger partial charge in [0.05, 0.1) is 43.7 Å². The number of rotatable bonds is 10. The molecule has 2 N–H and O–H groups in total. The van der Waals surface area contributed by atoms with E-state index in [0.29, 0.717) is 65.0 Å². The maximum absolute atomic E-state index is 13.1. The van der Waals surface area contributed by atoms with E-state index < -0.39 is 52.6 Å². The third-order valence-electron chi connectivity index (χ3n) is 22.2. The zero-order valence-electron chi connectivity index (χ0n) is 69.7. The van der Waals surface area contributed by atoms with Gasteiger partial charge in [0, 0.05) is 83.2 Å². The van der Waals surface area contributed by atoms with Crippen LogP contribution in [0.1, 0.15) is 189 Å². The summed E-state index contributed by atoms with van der Waals surface area (Å²) in [6.07, 6.45) is 16.0. The SMILES string of the molecule is C/C(=C\C1=CCCN(C(=O)OC(C)(C)C)C1)[C@H]1OC(=O)C[C@H](O)CC[C@H](C)[C@@H](OC(=O)N2CCN(C)CC2)/C=C/[C@@H]1C.C/C(=C\I)[C@H]1OC(=O)C[C@H](O[Si](C)(C)C(C)(C)C)CC[C@H](C)[C@@H](O)/C=C/[C@@H]1C.C/C(=C\I)[C@H]1OC(=O)C[C@H](O[Si](C)(C)C(C)(C)C)CC[C@H](C)[C@@H](OC(=O)N2CCN(C)CC2)/C=C/[C@@H]1C. The first-order valence-electron chi connectivity index (χ1n) is 39.2. The predicted octanol–water partition coefficient (Wildman–Crippen LogP) is 16.9. The van der Waals surface area contributed by atoms with Crippen LogP contribution in [0.25, 0.3) is 0 Å². The Morgan fingerprint density at radius 2 is 0.869 bits per heavy atom. The molecule has 0 aromatic heterocycles. The van der Waals surface area contributed by atoms with Crippen molar-refractivity contribution in [3.05, 3.63) is 79.1 Å². The van der Waals surface area contributed by atoms with Crippen LogP contribution < -0.4 is 0 Å². The molecule has 15 atom stereocenters. The Bertz CT molecular complexity index is 3080. The van der Waals surface area contributed by atoms with Gasteiger partial charge in [-0.25, -0.2) is 14.4 Å². The second-order valence-electron chi connectivity index (χ2n) is 35.2. The second kappa shape index (κ2) is 43.9. The molecule has 0 radical (unpaired) electrons. The van der Waals surface area contributed by atoms with Gasteiger partial charge < -0.3 is 72.0 Å². The summed E-state index contributed by atoms with van der Waals surface area (Å²) in [5, 5.41) is 21.2. The quantitative estimate of drug-likeness (QED) is 0.0680. The molecule has 0 saturated carbocycles. The maximum Gasteiger partial charge on any atom is 0.410 e. The lowest BCUT2D eigenvalue weighted by Crippen LogP contribution is -2.48. The molecule has 610 valence electrons. The summed E-state index contributed by atoms with van der Waals surface area (Å²) in [5.74, 6) is -1.04. The normalized spacial score (nSPS) is 30.9. The number of likely N-dealkylation sites (N-methyl/N-ethyl adjacent to an activating group) is 2. The fraction of sp³-hybridized carbons (Fsp3) is 0.756. The lowest BCUT2D eigenvalue weighted by molar-refractivity contribution is -0.152. The van der Waals surface area contributed by atoms with Crippen molar-refractivity contribution >= 4 is 98.0 Å². The summed E-state index contributed by atoms with van der Waals surface area (Å²) < 4.78 is 52.7. The van der Waals surface area contributed by atoms with Crippen molar-refractivity contribution in [1.82, 2.24) is 24.5 Å². The Morgan fingerprint density at radius 1 is 0.495 bits per heavy atom. The summed E-state index contributed by atoms with van der Waals surface area (Å²) in [5.41, 5.74) is 3.18. The van der Waals surface area contributed by atoms with Gasteiger partial charge in [0.25, 0.3) is 0 Å². The molecule has 2 saturated heterocycles. The predicted molar refractivity (Wildman–Crippen MR) is 448 cm³/mol. The molecule has 25 heteroatoms. The standard InChI is InChI=1S/C32H51N3O7.C28H49IN2O5Si.C22H39IO4Si/c1-22-10-12-26(36)20-28(37)41-29(23(2)11-13-27(22)40-30(38)34-17-15-33(7)16-18-34)24(3)19-25-9-8-14-35(21-25)31(39)42-32(4,5)6;1-20-10-12-23(36-37(8,9)28(4,5)6)18-25(32)35-26(22(3)19-29)21(2)11-13-24(20)34-27(33)31-16-14-30(7)15-17-31;1-15-9-11-18(27-28(7,8)22(4,5)6)13-20(25)26-21(17(3)14-23)16(2)10-12-19(15)24/h9,11,13,19,22-23,26-27,29,36H,8,10,12,14-18,20-21H2,1-7H3;11,13,19-21,23-24,26H,10,12,14-18H2,1-9H3;10,12,14-16,18-19,21,24H,9,11,13H2,1-8H3/b13-11+,24-19+;13-11+,22-19+;12-10+,17-14+/t22-,23-,26+,27-,29-;20-,21-,23+,24-,26-;15-,16-,18+,19-,21-/m000/s1. The van der Waals surface area contributed by atoms with Gasteiger partial charge in [-0.05, 0) is 197 Å². The summed E-state index contributed by atoms with van der Waals surface area (Å²) >= 11 is 4.37. The number of piperazine rings is 2. The number of aliphatic hydroxyl groups is 2. The van der Waals surface area contributed by atoms with Crippen LogP contribution in [-0.2, 0) is 51.7 Å². The van der Waals surface area contributed by atoms with Gasteiger partial charge >= 0.3 is 36.2 Å². The van der Waals surface area contributed by atoms with E-state index in [1.165, 1.54) is 0 Å². The van der Waals surface area contributed by atoms with Crippen LogP contribution in [0, 0.1) is 35.5 Å². The molecule has 21 nitrogen and oxygen atoms in total. The first-order chi connectivity index (χ1) is 49.6. The second-order valence-corrected chi connectivity index (χ2v) is 46.0. The summed E-state index contributed by atoms with van der Waals surface area (Å²) in [6.45, 7) is 52.6. The Balaban J connectivity index is 0.000000346. The van der Waals surface area contributed by atoms with E-state index in [1.807, 2.05) is 127 Å². The molecule has 0 aromatic carbocycles. The fourth-order valence-electron chi connectivity index (χ4n) is 12.8. The molecular formula is C82H139I2N5O16Si2. The number of hydrogen-bond acceptors (Lipinski definition) is 18. The van der Waals surface area contributed by atoms with E-state index in [2.05, 4.69) is 150 Å². The summed E-state index contributed by atoms with van der Waals surface area (Å²) in [7, 11) is 0.00249. The minimum atomic E-state index is -2.10. The third kappa shape index (κ3) is 32.6. The first kappa shape index (κ1) is 95.4. The number of ether oxygens (including phenoxy) is 6. The Morgan fingerprint density at radius 3 is 1.26 bits per heavy atom. The molecule has 0 spiro atoms. The van der Waals surface area contributed by atoms with E-state index in [9.17, 15) is 39.0 Å². The zero-order chi connectivity index (χ0) is 80.7. The van der Waals surface area contributed by atoms with Gasteiger partial charge in [0.1, 0.15) is 36.1 Å². The average Bonchev–Trinajstić information content (AvgIpc) is 0.829. The van der Waals surface area contributed by atoms with E-state index in [-0.39, 0.29) is 126 Å². The van der Waals surface area contributed by atoms with Crippen molar-refractivity contribution in [3.63, 3.8) is 0 Å². The molecule has 2 fully saturated rings. The fourth-order valence-corrected chi connectivity index (χ4v) is 16.3. The summed E-state index contributed by atoms with van der Waals surface area (Å²) in [6, 6.07) is 0. The zero-order valence-corrected chi connectivity index (χ0v) is 76.0. The van der Waals surface area contributed by atoms with Gasteiger partial charge in [-0.2, -0.15) is 0 Å². The molecule has 107 heavy (non-hydrogen) atoms. The molecule has 6 aliphatic heterocycles. The number of carbonyl (C=O) groups excluding carboxylic acids is 6. The van der Waals surface area contributed by atoms with E-state index in [1.54, 1.807) is 14.7 Å². The van der Waals surface area contributed by atoms with Crippen molar-refractivity contribution in [3.8, 4) is 0 Å². The van der Waals surface area contributed by atoms with Gasteiger partial charge in [-0.15, -0.1) is 0 Å². The van der Waals surface area contributed by atoms with Crippen LogP contribution in [0.5, 0.6) is 0 Å². The van der Waals surface area contributed by atoms with Crippen LogP contribution in [0.15, 0.2) is 79.1 Å². The summed E-state index contributed by atoms with van der Waals surface area (Å²) in [4.78, 5) is 87.0. The van der Waals surface area contributed by atoms with Gasteiger partial charge in [0.15, 0.2) is 16.6 Å². The lowest BCUT2D eigenvalue weighted by atomic mass is 9.91. The number of esters is 3. The number of amides is 3. The molecule has 6 aliphatic rings. The van der Waals surface area contributed by atoms with Gasteiger partial charge in [-0.3, -0.25) is 14.4 Å². The van der Waals surface area contributed by atoms with E-state index in [0.717, 1.165) is 67.7 Å². The van der Waals surface area contributed by atoms with Gasteiger partial charge in [0.2, 0.25) is 0 Å². The molecule has 6 heterocycles. The van der Waals surface area contributed by atoms with Crippen molar-refractivity contribution in [2.24, 2.45) is 35.5 Å². The van der Waals surface area contributed by atoms with Crippen molar-refractivity contribution < 1.29 is 76.3 Å². The number of halogens is 2. The highest BCUT2D eigenvalue weighted by Crippen LogP contribution is 2.41. The molecular weight excluding hydrogens is 1620 g/mol. The highest BCUT2D eigenvalue weighted by atomic mass is 127. The molecule has 0 bridgehead atoms. The topological polar surface area (TPSA) is 233 Å². The Hall–Kier alpha value is -3.95. The smallest absolute Gasteiger partial charge is 0.410 e. The van der Waals surface area contributed by atoms with Crippen molar-refractivity contribution in [1.29, 1.82) is 0 Å². The molecule has 0 aromatic rings. The van der Waals surface area contributed by atoms with Crippen LogP contribution in [-0.4, -0.2) is 228 Å². The van der Waals surface area contributed by atoms with Crippen molar-refractivity contribution in [2.75, 3.05) is 79.5 Å². The Kier molecular flexibility index (Phi) is 39.2. The Labute approximate surface area is 673 Å². The van der Waals surface area contributed by atoms with Crippen molar-refractivity contribution in [2.45, 2.75) is 286 Å². The molecule has 0 unspecified atom stereocenters. The van der Waals surface area contributed by atoms with Gasteiger partial charge in [-0.1, -0.05) is 165 Å². The van der Waals surface area contributed by atoms with Crippen LogP contribution >= 0.6 is 45.2 Å². The monoisotopic (exact) mass is 1760 g/mol. The van der Waals surface area contributed by atoms with Crippen LogP contribution in [0.4, 0.5) is 14.4 Å². The number of carbonyl (C=O) groups is 6. The third-order valence-corrected chi connectivity index (χ3v) is 33.3. The number of nitrogens with zero attached hydrogens (tertiary/aromatic N) is 5. The first-order valence-corrected chi connectivity index (χ1v) is 47.5. The highest BCUT2D eigenvalue weighted by molar-refractivity contribution is 14.1. The minimum Gasteiger partial charge on any atom is -0.457 e. The number of hydrogen-bond donors (Lipinski definition) is 2. The van der Waals surface area contributed by atoms with E-state index in [4.69, 9.17) is 37.3 Å². The van der Waals surface area contributed by atoms with Crippen LogP contribution in [0.2, 0.25) is 36.3 Å². The van der Waals surface area contributed by atoms with Crippen LogP contribution in [0.3, 0.4) is 0 Å². The lowest BCUT2D eigenvalue weighted by Gasteiger charge is -2.39. The molecule has 6 rings (SSSR count). The number of cyclic esters (lactones) is 3. The molecule has 0 aliphatic carbocycles. The maximum atomic E-state index is 13.1. The minimum absolute atomic E-state index is 0.00370. The molecule has 3 amide bonds. The highest BCUT2D eigenvalue weighted by Gasteiger charge is 2.43. The average molecular weight is 1760 g/mol. The largest absolute Gasteiger partial charge is 0.457 e. The van der Waals surface area contributed by atoms with E-state index >= 15 is 0 Å². The number of aliphatic hydroxyl groups excluding tert-OH is 2.